The number of nitrogens with one attached hydrogen (secondary N) is 1. The molecule has 8 nitrogen and oxygen atoms in total. The number of benzene rings is 2. The fourth-order valence-electron chi connectivity index (χ4n) is 3.99. The molecule has 0 aliphatic heterocycles. The molecule has 0 bridgehead atoms. The fraction of sp³-hybridized carbons (Fsp3) is 0.300. The Kier molecular flexibility index (Phi) is 7.71. The molecule has 2 aromatic heterocycles. The molecule has 4 aromatic rings. The SMILES string of the molecule is CC(C)n1cc(C(=O)N[C@@H](Cc2ccc(-c3ncc(-c4ccc(C(C)(C)C)cc4)cn3)cc2)C(=O)O)cn1. The molecular formula is C30H33N5O3. The molecule has 2 N–H and O–H groups in total. The second-order valence-electron chi connectivity index (χ2n) is 10.7. The minimum absolute atomic E-state index is 0.0961. The van der Waals surface area contributed by atoms with E-state index in [1.54, 1.807) is 23.3 Å². The van der Waals surface area contributed by atoms with Gasteiger partial charge in [0.1, 0.15) is 6.04 Å². The van der Waals surface area contributed by atoms with Crippen LogP contribution in [-0.2, 0) is 16.6 Å². The van der Waals surface area contributed by atoms with Gasteiger partial charge in [-0.25, -0.2) is 14.8 Å². The zero-order chi connectivity index (χ0) is 27.4. The van der Waals surface area contributed by atoms with E-state index < -0.39 is 17.9 Å². The maximum atomic E-state index is 12.6. The van der Waals surface area contributed by atoms with Crippen LogP contribution < -0.4 is 5.32 Å². The summed E-state index contributed by atoms with van der Waals surface area (Å²) in [4.78, 5) is 33.5. The summed E-state index contributed by atoms with van der Waals surface area (Å²) in [6.07, 6.45) is 6.80. The fourth-order valence-corrected chi connectivity index (χ4v) is 3.99. The van der Waals surface area contributed by atoms with Crippen LogP contribution in [0, 0.1) is 0 Å². The number of carbonyl (C=O) groups excluding carboxylic acids is 1. The molecule has 4 rings (SSSR count). The lowest BCUT2D eigenvalue weighted by atomic mass is 9.86. The molecule has 0 spiro atoms. The number of hydrogen-bond acceptors (Lipinski definition) is 5. The summed E-state index contributed by atoms with van der Waals surface area (Å²) < 4.78 is 1.65. The van der Waals surface area contributed by atoms with Crippen LogP contribution >= 0.6 is 0 Å². The van der Waals surface area contributed by atoms with Crippen molar-refractivity contribution in [1.29, 1.82) is 0 Å². The van der Waals surface area contributed by atoms with Crippen molar-refractivity contribution in [3.63, 3.8) is 0 Å². The number of amides is 1. The van der Waals surface area contributed by atoms with Crippen LogP contribution in [0.4, 0.5) is 0 Å². The Morgan fingerprint density at radius 2 is 1.50 bits per heavy atom. The third-order valence-corrected chi connectivity index (χ3v) is 6.38. The van der Waals surface area contributed by atoms with Gasteiger partial charge in [-0.3, -0.25) is 9.48 Å². The first-order valence-electron chi connectivity index (χ1n) is 12.6. The Morgan fingerprint density at radius 1 is 0.895 bits per heavy atom. The van der Waals surface area contributed by atoms with E-state index in [1.165, 1.54) is 11.8 Å². The number of carboxylic acid groups (broad SMARTS) is 1. The lowest BCUT2D eigenvalue weighted by Gasteiger charge is -2.19. The van der Waals surface area contributed by atoms with E-state index in [9.17, 15) is 14.7 Å². The molecule has 0 aliphatic carbocycles. The van der Waals surface area contributed by atoms with Crippen LogP contribution in [0.25, 0.3) is 22.5 Å². The second kappa shape index (κ2) is 11.0. The molecule has 1 atom stereocenters. The number of aliphatic carboxylic acids is 1. The number of hydrogen-bond donors (Lipinski definition) is 2. The van der Waals surface area contributed by atoms with Crippen molar-refractivity contribution in [2.75, 3.05) is 0 Å². The highest BCUT2D eigenvalue weighted by atomic mass is 16.4. The highest BCUT2D eigenvalue weighted by Crippen LogP contribution is 2.26. The number of rotatable bonds is 8. The van der Waals surface area contributed by atoms with Crippen molar-refractivity contribution in [2.45, 2.75) is 58.5 Å². The lowest BCUT2D eigenvalue weighted by molar-refractivity contribution is -0.139. The zero-order valence-electron chi connectivity index (χ0n) is 22.3. The smallest absolute Gasteiger partial charge is 0.326 e. The van der Waals surface area contributed by atoms with Gasteiger partial charge in [0.2, 0.25) is 0 Å². The van der Waals surface area contributed by atoms with Gasteiger partial charge in [0, 0.05) is 42.2 Å². The van der Waals surface area contributed by atoms with E-state index in [4.69, 9.17) is 0 Å². The maximum absolute atomic E-state index is 12.6. The molecule has 0 unspecified atom stereocenters. The third-order valence-electron chi connectivity index (χ3n) is 6.38. The standard InChI is InChI=1S/C30H33N5O3/c1-19(2)35-18-24(17-33-35)28(36)34-26(29(37)38)14-20-6-8-22(9-7-20)27-31-15-23(16-32-27)21-10-12-25(13-11-21)30(3,4)5/h6-13,15-19,26H,14H2,1-5H3,(H,34,36)(H,37,38)/t26-/m0/s1. The normalized spacial score (nSPS) is 12.4. The first kappa shape index (κ1) is 26.7. The van der Waals surface area contributed by atoms with Gasteiger partial charge >= 0.3 is 5.97 Å². The van der Waals surface area contributed by atoms with Crippen LogP contribution in [0.15, 0.2) is 73.3 Å². The number of nitrogens with zero attached hydrogens (tertiary/aromatic N) is 4. The molecule has 0 saturated carbocycles. The summed E-state index contributed by atoms with van der Waals surface area (Å²) in [5.74, 6) is -0.993. The van der Waals surface area contributed by atoms with E-state index in [0.29, 0.717) is 11.4 Å². The molecule has 38 heavy (non-hydrogen) atoms. The monoisotopic (exact) mass is 511 g/mol. The molecule has 0 saturated heterocycles. The molecule has 0 fully saturated rings. The van der Waals surface area contributed by atoms with Crippen LogP contribution in [0.3, 0.4) is 0 Å². The largest absolute Gasteiger partial charge is 0.480 e. The number of aromatic nitrogens is 4. The quantitative estimate of drug-likeness (QED) is 0.332. The van der Waals surface area contributed by atoms with Crippen molar-refractivity contribution < 1.29 is 14.7 Å². The zero-order valence-corrected chi connectivity index (χ0v) is 22.3. The predicted molar refractivity (Wildman–Crippen MR) is 147 cm³/mol. The molecule has 0 aliphatic rings. The highest BCUT2D eigenvalue weighted by molar-refractivity contribution is 5.96. The minimum atomic E-state index is -1.10. The molecule has 2 heterocycles. The van der Waals surface area contributed by atoms with Crippen LogP contribution in [0.1, 0.15) is 62.1 Å². The Labute approximate surface area is 222 Å². The highest BCUT2D eigenvalue weighted by Gasteiger charge is 2.22. The molecule has 8 heteroatoms. The van der Waals surface area contributed by atoms with E-state index in [2.05, 4.69) is 65.4 Å². The van der Waals surface area contributed by atoms with E-state index in [0.717, 1.165) is 22.3 Å². The topological polar surface area (TPSA) is 110 Å². The third kappa shape index (κ3) is 6.32. The summed E-state index contributed by atoms with van der Waals surface area (Å²) in [6, 6.07) is 14.8. The Hall–Kier alpha value is -4.33. The van der Waals surface area contributed by atoms with Crippen molar-refractivity contribution >= 4 is 11.9 Å². The second-order valence-corrected chi connectivity index (χ2v) is 10.7. The summed E-state index contributed by atoms with van der Waals surface area (Å²) in [7, 11) is 0. The Bertz CT molecular complexity index is 1400. The van der Waals surface area contributed by atoms with Gasteiger partial charge in [0.05, 0.1) is 11.8 Å². The first-order chi connectivity index (χ1) is 18.0. The number of carboxylic acids is 1. The van der Waals surface area contributed by atoms with Crippen molar-refractivity contribution in [3.8, 4) is 22.5 Å². The minimum Gasteiger partial charge on any atom is -0.480 e. The predicted octanol–water partition coefficient (Wildman–Crippen LogP) is 5.31. The summed E-state index contributed by atoms with van der Waals surface area (Å²) in [6.45, 7) is 10.5. The first-order valence-corrected chi connectivity index (χ1v) is 12.6. The van der Waals surface area contributed by atoms with Crippen LogP contribution in [-0.4, -0.2) is 42.8 Å². The van der Waals surface area contributed by atoms with Crippen molar-refractivity contribution in [1.82, 2.24) is 25.1 Å². The molecule has 1 amide bonds. The van der Waals surface area contributed by atoms with Crippen LogP contribution in [0.5, 0.6) is 0 Å². The van der Waals surface area contributed by atoms with Gasteiger partial charge in [0.15, 0.2) is 5.82 Å². The summed E-state index contributed by atoms with van der Waals surface area (Å²) >= 11 is 0. The van der Waals surface area contributed by atoms with E-state index in [-0.39, 0.29) is 17.9 Å². The molecule has 196 valence electrons. The van der Waals surface area contributed by atoms with Crippen LogP contribution in [0.2, 0.25) is 0 Å². The van der Waals surface area contributed by atoms with Gasteiger partial charge in [-0.2, -0.15) is 5.10 Å². The average molecular weight is 512 g/mol. The molecule has 0 radical (unpaired) electrons. The molecule has 2 aromatic carbocycles. The van der Waals surface area contributed by atoms with Gasteiger partial charge in [-0.05, 0) is 36.0 Å². The maximum Gasteiger partial charge on any atom is 0.326 e. The van der Waals surface area contributed by atoms with Gasteiger partial charge in [-0.1, -0.05) is 69.3 Å². The molecular weight excluding hydrogens is 478 g/mol. The lowest BCUT2D eigenvalue weighted by Crippen LogP contribution is -2.42. The average Bonchev–Trinajstić information content (AvgIpc) is 3.40. The van der Waals surface area contributed by atoms with E-state index in [1.807, 2.05) is 38.1 Å². The van der Waals surface area contributed by atoms with E-state index >= 15 is 0 Å². The Morgan fingerprint density at radius 3 is 2.03 bits per heavy atom. The summed E-state index contributed by atoms with van der Waals surface area (Å²) in [5.41, 5.74) is 5.27. The summed E-state index contributed by atoms with van der Waals surface area (Å²) in [5, 5.41) is 16.4. The van der Waals surface area contributed by atoms with Gasteiger partial charge < -0.3 is 10.4 Å². The number of carbonyl (C=O) groups is 2. The van der Waals surface area contributed by atoms with Crippen molar-refractivity contribution in [3.05, 3.63) is 90.0 Å². The van der Waals surface area contributed by atoms with Gasteiger partial charge in [0.25, 0.3) is 5.91 Å². The van der Waals surface area contributed by atoms with Crippen molar-refractivity contribution in [2.24, 2.45) is 0 Å². The Balaban J connectivity index is 1.42. The van der Waals surface area contributed by atoms with Gasteiger partial charge in [-0.15, -0.1) is 0 Å².